The summed E-state index contributed by atoms with van der Waals surface area (Å²) in [6.07, 6.45) is 0.351. The van der Waals surface area contributed by atoms with Gasteiger partial charge in [-0.3, -0.25) is 9.59 Å². The van der Waals surface area contributed by atoms with Gasteiger partial charge in [-0.05, 0) is 18.6 Å². The van der Waals surface area contributed by atoms with Crippen LogP contribution in [0.5, 0.6) is 0 Å². The van der Waals surface area contributed by atoms with Gasteiger partial charge in [0.2, 0.25) is 5.91 Å². The van der Waals surface area contributed by atoms with Gasteiger partial charge in [0.1, 0.15) is 5.78 Å². The molecule has 0 saturated carbocycles. The van der Waals surface area contributed by atoms with Crippen LogP contribution in [0.3, 0.4) is 0 Å². The zero-order chi connectivity index (χ0) is 10.1. The second-order valence-electron chi connectivity index (χ2n) is 3.60. The van der Waals surface area contributed by atoms with Crippen LogP contribution in [-0.2, 0) is 16.0 Å². The van der Waals surface area contributed by atoms with E-state index in [2.05, 4.69) is 5.32 Å². The fourth-order valence-corrected chi connectivity index (χ4v) is 1.64. The summed E-state index contributed by atoms with van der Waals surface area (Å²) >= 11 is 0. The van der Waals surface area contributed by atoms with Gasteiger partial charge < -0.3 is 5.32 Å². The van der Waals surface area contributed by atoms with Crippen molar-refractivity contribution in [3.8, 4) is 0 Å². The number of carbonyl (C=O) groups is 2. The lowest BCUT2D eigenvalue weighted by atomic mass is 10.0. The number of amides is 1. The molecule has 0 aromatic heterocycles. The summed E-state index contributed by atoms with van der Waals surface area (Å²) in [5.74, 6) is -0.232. The third kappa shape index (κ3) is 1.66. The van der Waals surface area contributed by atoms with Gasteiger partial charge in [0.25, 0.3) is 0 Å². The summed E-state index contributed by atoms with van der Waals surface area (Å²) in [5, 5.41) is 2.72. The lowest BCUT2D eigenvalue weighted by Crippen LogP contribution is -2.12. The highest BCUT2D eigenvalue weighted by Gasteiger charge is 2.18. The molecule has 0 atom stereocenters. The molecule has 1 heterocycles. The van der Waals surface area contributed by atoms with E-state index in [1.165, 1.54) is 0 Å². The molecule has 3 nitrogen and oxygen atoms in total. The molecule has 0 fully saturated rings. The summed E-state index contributed by atoms with van der Waals surface area (Å²) in [6.45, 7) is 1.97. The molecule has 3 heteroatoms. The molecule has 72 valence electrons. The van der Waals surface area contributed by atoms with Crippen LogP contribution in [0.4, 0.5) is 5.69 Å². The highest BCUT2D eigenvalue weighted by atomic mass is 16.2. The standard InChI is InChI=1S/C11H11NO2/c1-7-2-3-10-8(4-7)5-9(13)6-11(14)12-10/h2-4H,5-6H2,1H3,(H,12,14). The highest BCUT2D eigenvalue weighted by Crippen LogP contribution is 2.21. The van der Waals surface area contributed by atoms with Crippen molar-refractivity contribution in [2.24, 2.45) is 0 Å². The number of hydrogen-bond acceptors (Lipinski definition) is 2. The van der Waals surface area contributed by atoms with E-state index in [0.29, 0.717) is 6.42 Å². The van der Waals surface area contributed by atoms with E-state index in [1.807, 2.05) is 25.1 Å². The predicted octanol–water partition coefficient (Wildman–Crippen LogP) is 1.45. The average Bonchev–Trinajstić information content (AvgIpc) is 2.21. The van der Waals surface area contributed by atoms with Gasteiger partial charge in [0.15, 0.2) is 0 Å². The Kier molecular flexibility index (Phi) is 2.08. The van der Waals surface area contributed by atoms with E-state index in [1.54, 1.807) is 0 Å². The van der Waals surface area contributed by atoms with Gasteiger partial charge in [-0.15, -0.1) is 0 Å². The number of hydrogen-bond donors (Lipinski definition) is 1. The monoisotopic (exact) mass is 189 g/mol. The van der Waals surface area contributed by atoms with Crippen molar-refractivity contribution in [3.63, 3.8) is 0 Å². The second kappa shape index (κ2) is 3.25. The van der Waals surface area contributed by atoms with Gasteiger partial charge in [-0.25, -0.2) is 0 Å². The topological polar surface area (TPSA) is 46.2 Å². The van der Waals surface area contributed by atoms with Crippen LogP contribution in [0.25, 0.3) is 0 Å². The SMILES string of the molecule is Cc1ccc2c(c1)CC(=O)CC(=O)N2. The van der Waals surface area contributed by atoms with Crippen LogP contribution < -0.4 is 5.32 Å². The van der Waals surface area contributed by atoms with E-state index in [-0.39, 0.29) is 18.1 Å². The van der Waals surface area contributed by atoms with Gasteiger partial charge in [-0.1, -0.05) is 17.7 Å². The molecule has 1 aromatic carbocycles. The Hall–Kier alpha value is -1.64. The first-order valence-corrected chi connectivity index (χ1v) is 4.56. The number of benzene rings is 1. The van der Waals surface area contributed by atoms with Crippen LogP contribution in [-0.4, -0.2) is 11.7 Å². The lowest BCUT2D eigenvalue weighted by molar-refractivity contribution is -0.124. The molecule has 1 aliphatic heterocycles. The number of nitrogens with one attached hydrogen (secondary N) is 1. The van der Waals surface area contributed by atoms with Gasteiger partial charge in [0.05, 0.1) is 6.42 Å². The lowest BCUT2D eigenvalue weighted by Gasteiger charge is -2.05. The fourth-order valence-electron chi connectivity index (χ4n) is 1.64. The quantitative estimate of drug-likeness (QED) is 0.628. The van der Waals surface area contributed by atoms with E-state index in [0.717, 1.165) is 16.8 Å². The summed E-state index contributed by atoms with van der Waals surface area (Å²) in [4.78, 5) is 22.5. The van der Waals surface area contributed by atoms with E-state index < -0.39 is 0 Å². The Morgan fingerprint density at radius 3 is 2.79 bits per heavy atom. The zero-order valence-corrected chi connectivity index (χ0v) is 7.96. The van der Waals surface area contributed by atoms with E-state index in [9.17, 15) is 9.59 Å². The number of anilines is 1. The Bertz CT molecular complexity index is 410. The molecule has 0 radical (unpaired) electrons. The Morgan fingerprint density at radius 2 is 2.00 bits per heavy atom. The van der Waals surface area contributed by atoms with Crippen LogP contribution in [0.15, 0.2) is 18.2 Å². The minimum atomic E-state index is -0.211. The fraction of sp³-hybridized carbons (Fsp3) is 0.273. The number of Topliss-reactive ketones (excluding diaryl/α,β-unsaturated/α-hetero) is 1. The van der Waals surface area contributed by atoms with Crippen molar-refractivity contribution in [1.82, 2.24) is 0 Å². The summed E-state index contributed by atoms with van der Waals surface area (Å²) < 4.78 is 0. The van der Waals surface area contributed by atoms with Crippen LogP contribution >= 0.6 is 0 Å². The second-order valence-corrected chi connectivity index (χ2v) is 3.60. The van der Waals surface area contributed by atoms with Crippen molar-refractivity contribution in [3.05, 3.63) is 29.3 Å². The number of carbonyl (C=O) groups excluding carboxylic acids is 2. The largest absolute Gasteiger partial charge is 0.325 e. The van der Waals surface area contributed by atoms with Crippen LogP contribution in [0.2, 0.25) is 0 Å². The minimum absolute atomic E-state index is 0.00622. The number of fused-ring (bicyclic) bond motifs is 1. The molecule has 14 heavy (non-hydrogen) atoms. The maximum Gasteiger partial charge on any atom is 0.231 e. The number of rotatable bonds is 0. The summed E-state index contributed by atoms with van der Waals surface area (Å²) in [5.41, 5.74) is 2.79. The molecular weight excluding hydrogens is 178 g/mol. The van der Waals surface area contributed by atoms with Gasteiger partial charge >= 0.3 is 0 Å². The maximum absolute atomic E-state index is 11.3. The van der Waals surface area contributed by atoms with Crippen molar-refractivity contribution in [1.29, 1.82) is 0 Å². The molecule has 0 saturated heterocycles. The Labute approximate surface area is 82.1 Å². The smallest absolute Gasteiger partial charge is 0.231 e. The molecule has 1 N–H and O–H groups in total. The zero-order valence-electron chi connectivity index (χ0n) is 7.96. The number of aryl methyl sites for hydroxylation is 1. The maximum atomic E-state index is 11.3. The molecular formula is C11H11NO2. The summed E-state index contributed by atoms with van der Waals surface area (Å²) in [7, 11) is 0. The average molecular weight is 189 g/mol. The van der Waals surface area contributed by atoms with Crippen molar-refractivity contribution in [2.45, 2.75) is 19.8 Å². The van der Waals surface area contributed by atoms with E-state index >= 15 is 0 Å². The minimum Gasteiger partial charge on any atom is -0.325 e. The Morgan fingerprint density at radius 1 is 1.21 bits per heavy atom. The molecule has 2 rings (SSSR count). The molecule has 0 spiro atoms. The van der Waals surface area contributed by atoms with E-state index in [4.69, 9.17) is 0 Å². The first-order valence-electron chi connectivity index (χ1n) is 4.56. The molecule has 1 amide bonds. The molecule has 0 unspecified atom stereocenters. The highest BCUT2D eigenvalue weighted by molar-refractivity contribution is 6.07. The normalized spacial score (nSPS) is 15.8. The molecule has 1 aliphatic rings. The van der Waals surface area contributed by atoms with Crippen LogP contribution in [0.1, 0.15) is 17.5 Å². The Balaban J connectivity index is 2.46. The van der Waals surface area contributed by atoms with Gasteiger partial charge in [0, 0.05) is 12.1 Å². The van der Waals surface area contributed by atoms with Gasteiger partial charge in [-0.2, -0.15) is 0 Å². The third-order valence-corrected chi connectivity index (χ3v) is 2.28. The van der Waals surface area contributed by atoms with Crippen molar-refractivity contribution >= 4 is 17.4 Å². The number of ketones is 1. The molecule has 1 aromatic rings. The summed E-state index contributed by atoms with van der Waals surface area (Å²) in [6, 6.07) is 5.72. The van der Waals surface area contributed by atoms with Crippen LogP contribution in [0, 0.1) is 6.92 Å². The third-order valence-electron chi connectivity index (χ3n) is 2.28. The molecule has 0 bridgehead atoms. The molecule has 0 aliphatic carbocycles. The predicted molar refractivity (Wildman–Crippen MR) is 53.1 cm³/mol. The van der Waals surface area contributed by atoms with Crippen molar-refractivity contribution in [2.75, 3.05) is 5.32 Å². The first-order chi connectivity index (χ1) is 6.65. The van der Waals surface area contributed by atoms with Crippen molar-refractivity contribution < 1.29 is 9.59 Å². The first kappa shape index (κ1) is 8.94.